The monoisotopic (exact) mass is 369 g/mol. The van der Waals surface area contributed by atoms with Gasteiger partial charge in [-0.25, -0.2) is 4.39 Å². The molecule has 2 amide bonds. The van der Waals surface area contributed by atoms with Crippen LogP contribution in [-0.4, -0.2) is 54.3 Å². The summed E-state index contributed by atoms with van der Waals surface area (Å²) in [6.07, 6.45) is 0.284. The van der Waals surface area contributed by atoms with Crippen molar-refractivity contribution in [2.24, 2.45) is 0 Å². The fourth-order valence-electron chi connectivity index (χ4n) is 3.16. The van der Waals surface area contributed by atoms with Crippen LogP contribution in [-0.2, 0) is 11.3 Å². The number of hydrogen-bond donors (Lipinski definition) is 1. The zero-order valence-corrected chi connectivity index (χ0v) is 15.2. The summed E-state index contributed by atoms with van der Waals surface area (Å²) in [6.45, 7) is 3.57. The van der Waals surface area contributed by atoms with Crippen molar-refractivity contribution >= 4 is 11.8 Å². The molecule has 2 aromatic rings. The third-order valence-electron chi connectivity index (χ3n) is 4.74. The molecule has 0 aliphatic carbocycles. The Morgan fingerprint density at radius 3 is 2.30 bits per heavy atom. The number of benzene rings is 2. The van der Waals surface area contributed by atoms with E-state index < -0.39 is 0 Å². The van der Waals surface area contributed by atoms with Gasteiger partial charge in [-0.3, -0.25) is 14.5 Å². The Hall–Kier alpha value is -2.73. The number of nitrogens with one attached hydrogen (secondary N) is 1. The van der Waals surface area contributed by atoms with E-state index in [1.54, 1.807) is 36.4 Å². The average molecular weight is 369 g/mol. The summed E-state index contributed by atoms with van der Waals surface area (Å²) in [5.41, 5.74) is 1.27. The zero-order valence-electron chi connectivity index (χ0n) is 15.2. The minimum atomic E-state index is -0.190. The molecule has 1 fully saturated rings. The first-order valence-electron chi connectivity index (χ1n) is 9.20. The van der Waals surface area contributed by atoms with Crippen molar-refractivity contribution in [2.75, 3.05) is 32.7 Å². The van der Waals surface area contributed by atoms with Gasteiger partial charge < -0.3 is 10.2 Å². The molecule has 0 aromatic heterocycles. The molecule has 0 unspecified atom stereocenters. The van der Waals surface area contributed by atoms with Crippen LogP contribution in [0.3, 0.4) is 0 Å². The minimum Gasteiger partial charge on any atom is -0.352 e. The van der Waals surface area contributed by atoms with Crippen LogP contribution < -0.4 is 5.32 Å². The summed E-state index contributed by atoms with van der Waals surface area (Å²) in [5, 5.41) is 2.78. The van der Waals surface area contributed by atoms with E-state index in [2.05, 4.69) is 10.2 Å². The van der Waals surface area contributed by atoms with E-state index in [1.165, 1.54) is 6.07 Å². The summed E-state index contributed by atoms with van der Waals surface area (Å²) in [7, 11) is 0. The quantitative estimate of drug-likeness (QED) is 0.850. The Kier molecular flexibility index (Phi) is 6.54. The van der Waals surface area contributed by atoms with E-state index in [0.717, 1.165) is 13.1 Å². The SMILES string of the molecule is O=C(NCCC(=O)N1CCN(Cc2ccccc2F)CC1)c1ccccc1. The molecule has 0 saturated carbocycles. The predicted molar refractivity (Wildman–Crippen MR) is 102 cm³/mol. The lowest BCUT2D eigenvalue weighted by molar-refractivity contribution is -0.132. The van der Waals surface area contributed by atoms with Crippen molar-refractivity contribution in [1.82, 2.24) is 15.1 Å². The van der Waals surface area contributed by atoms with E-state index in [-0.39, 0.29) is 24.1 Å². The maximum atomic E-state index is 13.8. The fourth-order valence-corrected chi connectivity index (χ4v) is 3.16. The molecular formula is C21H24FN3O2. The Bertz CT molecular complexity index is 774. The van der Waals surface area contributed by atoms with E-state index in [0.29, 0.717) is 37.3 Å². The number of carbonyl (C=O) groups excluding carboxylic acids is 2. The van der Waals surface area contributed by atoms with Crippen LogP contribution in [0.1, 0.15) is 22.3 Å². The third-order valence-corrected chi connectivity index (χ3v) is 4.74. The highest BCUT2D eigenvalue weighted by Crippen LogP contribution is 2.12. The van der Waals surface area contributed by atoms with Crippen molar-refractivity contribution in [3.05, 3.63) is 71.5 Å². The summed E-state index contributed by atoms with van der Waals surface area (Å²) < 4.78 is 13.8. The highest BCUT2D eigenvalue weighted by molar-refractivity contribution is 5.94. The number of nitrogens with zero attached hydrogens (tertiary/aromatic N) is 2. The van der Waals surface area contributed by atoms with Crippen LogP contribution in [0, 0.1) is 5.82 Å². The van der Waals surface area contributed by atoms with Crippen molar-refractivity contribution in [3.63, 3.8) is 0 Å². The van der Waals surface area contributed by atoms with Gasteiger partial charge in [0.1, 0.15) is 5.82 Å². The van der Waals surface area contributed by atoms with Crippen molar-refractivity contribution in [3.8, 4) is 0 Å². The molecule has 0 radical (unpaired) electrons. The van der Waals surface area contributed by atoms with Gasteiger partial charge >= 0.3 is 0 Å². The van der Waals surface area contributed by atoms with Gasteiger partial charge in [-0.2, -0.15) is 0 Å². The topological polar surface area (TPSA) is 52.7 Å². The molecular weight excluding hydrogens is 345 g/mol. The van der Waals surface area contributed by atoms with Gasteiger partial charge in [0, 0.05) is 56.8 Å². The number of halogens is 1. The van der Waals surface area contributed by atoms with Crippen LogP contribution in [0.5, 0.6) is 0 Å². The molecule has 0 spiro atoms. The highest BCUT2D eigenvalue weighted by atomic mass is 19.1. The van der Waals surface area contributed by atoms with E-state index in [1.807, 2.05) is 17.0 Å². The molecule has 0 bridgehead atoms. The lowest BCUT2D eigenvalue weighted by Gasteiger charge is -2.34. The Labute approximate surface area is 158 Å². The van der Waals surface area contributed by atoms with Crippen LogP contribution >= 0.6 is 0 Å². The normalized spacial score (nSPS) is 14.8. The number of amides is 2. The van der Waals surface area contributed by atoms with Gasteiger partial charge in [-0.1, -0.05) is 36.4 Å². The second-order valence-electron chi connectivity index (χ2n) is 6.62. The van der Waals surface area contributed by atoms with E-state index >= 15 is 0 Å². The molecule has 1 aliphatic rings. The first-order valence-corrected chi connectivity index (χ1v) is 9.20. The van der Waals surface area contributed by atoms with Crippen LogP contribution in [0.2, 0.25) is 0 Å². The lowest BCUT2D eigenvalue weighted by Crippen LogP contribution is -2.48. The van der Waals surface area contributed by atoms with Crippen molar-refractivity contribution in [2.45, 2.75) is 13.0 Å². The molecule has 3 rings (SSSR count). The predicted octanol–water partition coefficient (Wildman–Crippen LogP) is 2.29. The number of carbonyl (C=O) groups is 2. The molecule has 2 aromatic carbocycles. The van der Waals surface area contributed by atoms with Crippen LogP contribution in [0.15, 0.2) is 54.6 Å². The molecule has 0 atom stereocenters. The first kappa shape index (κ1) is 19.0. The van der Waals surface area contributed by atoms with Gasteiger partial charge in [-0.15, -0.1) is 0 Å². The molecule has 1 saturated heterocycles. The maximum Gasteiger partial charge on any atom is 0.251 e. The molecule has 1 aliphatic heterocycles. The number of hydrogen-bond acceptors (Lipinski definition) is 3. The fraction of sp³-hybridized carbons (Fsp3) is 0.333. The van der Waals surface area contributed by atoms with Gasteiger partial charge in [0.15, 0.2) is 0 Å². The highest BCUT2D eigenvalue weighted by Gasteiger charge is 2.21. The summed E-state index contributed by atoms with van der Waals surface area (Å²) >= 11 is 0. The van der Waals surface area contributed by atoms with Gasteiger partial charge in [0.2, 0.25) is 5.91 Å². The second kappa shape index (κ2) is 9.28. The molecule has 27 heavy (non-hydrogen) atoms. The third kappa shape index (κ3) is 5.37. The van der Waals surface area contributed by atoms with Crippen LogP contribution in [0.25, 0.3) is 0 Å². The van der Waals surface area contributed by atoms with Crippen LogP contribution in [0.4, 0.5) is 4.39 Å². The average Bonchev–Trinajstić information content (AvgIpc) is 2.71. The summed E-state index contributed by atoms with van der Waals surface area (Å²) in [5.74, 6) is -0.322. The van der Waals surface area contributed by atoms with E-state index in [4.69, 9.17) is 0 Å². The maximum absolute atomic E-state index is 13.8. The minimum absolute atomic E-state index is 0.0360. The summed E-state index contributed by atoms with van der Waals surface area (Å²) in [6, 6.07) is 15.7. The van der Waals surface area contributed by atoms with Gasteiger partial charge in [-0.05, 0) is 18.2 Å². The first-order chi connectivity index (χ1) is 13.1. The lowest BCUT2D eigenvalue weighted by atomic mass is 10.2. The number of piperazine rings is 1. The molecule has 1 heterocycles. The molecule has 6 heteroatoms. The zero-order chi connectivity index (χ0) is 19.1. The van der Waals surface area contributed by atoms with Gasteiger partial charge in [0.05, 0.1) is 0 Å². The standard InChI is InChI=1S/C21H24FN3O2/c22-19-9-5-4-8-18(19)16-24-12-14-25(15-13-24)20(26)10-11-23-21(27)17-6-2-1-3-7-17/h1-9H,10-16H2,(H,23,27). The number of rotatable bonds is 6. The largest absolute Gasteiger partial charge is 0.352 e. The Morgan fingerprint density at radius 1 is 0.926 bits per heavy atom. The molecule has 1 N–H and O–H groups in total. The Morgan fingerprint density at radius 2 is 1.59 bits per heavy atom. The smallest absolute Gasteiger partial charge is 0.251 e. The van der Waals surface area contributed by atoms with Crippen molar-refractivity contribution in [1.29, 1.82) is 0 Å². The van der Waals surface area contributed by atoms with Gasteiger partial charge in [0.25, 0.3) is 5.91 Å². The molecule has 5 nitrogen and oxygen atoms in total. The Balaban J connectivity index is 1.38. The summed E-state index contributed by atoms with van der Waals surface area (Å²) in [4.78, 5) is 28.3. The van der Waals surface area contributed by atoms with Crippen molar-refractivity contribution < 1.29 is 14.0 Å². The second-order valence-corrected chi connectivity index (χ2v) is 6.62. The molecule has 142 valence electrons. The van der Waals surface area contributed by atoms with E-state index in [9.17, 15) is 14.0 Å².